The Balaban J connectivity index is 0.000000411. The van der Waals surface area contributed by atoms with Crippen molar-refractivity contribution in [2.75, 3.05) is 13.2 Å². The zero-order valence-corrected chi connectivity index (χ0v) is 22.2. The van der Waals surface area contributed by atoms with Crippen LogP contribution >= 0.6 is 0 Å². The highest BCUT2D eigenvalue weighted by Gasteiger charge is 2.51. The zero-order chi connectivity index (χ0) is 28.8. The van der Waals surface area contributed by atoms with E-state index in [1.807, 2.05) is 0 Å². The number of likely N-dealkylation sites (tertiary alicyclic amines) is 1. The minimum Gasteiger partial charge on any atom is -0.493 e. The van der Waals surface area contributed by atoms with Crippen molar-refractivity contribution in [3.63, 3.8) is 0 Å². The Kier molecular flexibility index (Phi) is 7.78. The van der Waals surface area contributed by atoms with Gasteiger partial charge in [0.1, 0.15) is 17.6 Å². The third kappa shape index (κ3) is 5.79. The van der Waals surface area contributed by atoms with Crippen LogP contribution < -0.4 is 4.74 Å². The standard InChI is InChI=1S/C27H34FNO4.C2HF3O2/c28-22-11-24(33-15-27-12-16-7-17(13-27)9-18(8-16)14-27)20(19-3-1-4-19)10-21(22)25(30)29-6-2-5-23(29)26(31)32;3-2(4,5)1(6)7/h10-11,16-19,23H,1-9,12-15H2,(H,31,32);(H,6,7)/t16?,17?,18?,23-,27?;/m0./s1. The summed E-state index contributed by atoms with van der Waals surface area (Å²) in [5.41, 5.74) is 1.16. The minimum absolute atomic E-state index is 0.00722. The van der Waals surface area contributed by atoms with Crippen molar-refractivity contribution in [1.82, 2.24) is 4.90 Å². The van der Waals surface area contributed by atoms with E-state index in [4.69, 9.17) is 14.6 Å². The summed E-state index contributed by atoms with van der Waals surface area (Å²) in [6, 6.07) is 2.22. The molecule has 1 aromatic carbocycles. The minimum atomic E-state index is -5.08. The first-order valence-corrected chi connectivity index (χ1v) is 14.2. The molecule has 0 aromatic heterocycles. The first-order chi connectivity index (χ1) is 18.8. The van der Waals surface area contributed by atoms with E-state index >= 15 is 4.39 Å². The number of hydrogen-bond acceptors (Lipinski definition) is 4. The number of halogens is 4. The molecule has 1 saturated heterocycles. The number of ether oxygens (including phenoxy) is 1. The summed E-state index contributed by atoms with van der Waals surface area (Å²) >= 11 is 0. The smallest absolute Gasteiger partial charge is 0.490 e. The van der Waals surface area contributed by atoms with Crippen LogP contribution in [0.3, 0.4) is 0 Å². The maximum Gasteiger partial charge on any atom is 0.490 e. The van der Waals surface area contributed by atoms with Crippen LogP contribution in [0.4, 0.5) is 17.6 Å². The lowest BCUT2D eigenvalue weighted by atomic mass is 9.50. The second-order valence-electron chi connectivity index (χ2n) is 12.5. The molecule has 11 heteroatoms. The van der Waals surface area contributed by atoms with Crippen LogP contribution in [0.5, 0.6) is 5.75 Å². The Morgan fingerprint density at radius 1 is 0.950 bits per heavy atom. The van der Waals surface area contributed by atoms with E-state index in [1.165, 1.54) is 49.5 Å². The maximum absolute atomic E-state index is 15.3. The lowest BCUT2D eigenvalue weighted by Crippen LogP contribution is -2.48. The Morgan fingerprint density at radius 2 is 1.52 bits per heavy atom. The molecule has 0 unspecified atom stereocenters. The molecule has 1 heterocycles. The Labute approximate surface area is 229 Å². The second kappa shape index (κ2) is 10.9. The van der Waals surface area contributed by atoms with Gasteiger partial charge in [-0.05, 0) is 99.5 Å². The fourth-order valence-corrected chi connectivity index (χ4v) is 8.02. The SMILES string of the molecule is O=C(O)C(F)(F)F.O=C(O)[C@@H]1CCCN1C(=O)c1cc(C2CCC2)c(OCC23CC4CC(CC(C4)C2)C3)cc1F. The van der Waals surface area contributed by atoms with Crippen LogP contribution in [-0.4, -0.2) is 58.3 Å². The highest BCUT2D eigenvalue weighted by atomic mass is 19.4. The average Bonchev–Trinajstić information content (AvgIpc) is 3.32. The summed E-state index contributed by atoms with van der Waals surface area (Å²) < 4.78 is 53.4. The van der Waals surface area contributed by atoms with Gasteiger partial charge in [0.25, 0.3) is 5.91 Å². The summed E-state index contributed by atoms with van der Waals surface area (Å²) in [7, 11) is 0. The number of carboxylic acids is 2. The molecule has 1 atom stereocenters. The van der Waals surface area contributed by atoms with Crippen LogP contribution in [-0.2, 0) is 9.59 Å². The fourth-order valence-electron chi connectivity index (χ4n) is 8.02. The summed E-state index contributed by atoms with van der Waals surface area (Å²) in [4.78, 5) is 34.9. The number of carbonyl (C=O) groups is 3. The Bertz CT molecular complexity index is 1130. The molecule has 220 valence electrons. The maximum atomic E-state index is 15.3. The quantitative estimate of drug-likeness (QED) is 0.407. The zero-order valence-electron chi connectivity index (χ0n) is 22.2. The highest BCUT2D eigenvalue weighted by Crippen LogP contribution is 2.60. The van der Waals surface area contributed by atoms with Crippen molar-refractivity contribution in [3.05, 3.63) is 29.1 Å². The number of nitrogens with zero attached hydrogens (tertiary/aromatic N) is 1. The van der Waals surface area contributed by atoms with Gasteiger partial charge in [0.05, 0.1) is 12.2 Å². The molecule has 7 nitrogen and oxygen atoms in total. The molecule has 4 bridgehead atoms. The predicted octanol–water partition coefficient (Wildman–Crippen LogP) is 6.01. The largest absolute Gasteiger partial charge is 0.493 e. The lowest BCUT2D eigenvalue weighted by molar-refractivity contribution is -0.192. The summed E-state index contributed by atoms with van der Waals surface area (Å²) in [6.07, 6.45) is 7.00. The monoisotopic (exact) mass is 569 g/mol. The first kappa shape index (κ1) is 28.7. The van der Waals surface area contributed by atoms with Crippen molar-refractivity contribution in [2.45, 2.75) is 88.8 Å². The third-order valence-electron chi connectivity index (χ3n) is 9.62. The number of carbonyl (C=O) groups excluding carboxylic acids is 1. The molecule has 2 N–H and O–H groups in total. The lowest BCUT2D eigenvalue weighted by Gasteiger charge is -2.56. The van der Waals surface area contributed by atoms with E-state index < -0.39 is 35.9 Å². The molecular formula is C29H35F4NO6. The van der Waals surface area contributed by atoms with E-state index in [9.17, 15) is 27.9 Å². The number of benzene rings is 1. The van der Waals surface area contributed by atoms with Gasteiger partial charge < -0.3 is 19.8 Å². The molecule has 1 amide bonds. The van der Waals surface area contributed by atoms with Crippen LogP contribution in [0, 0.1) is 29.0 Å². The molecule has 1 aliphatic heterocycles. The van der Waals surface area contributed by atoms with Gasteiger partial charge in [-0.25, -0.2) is 14.0 Å². The van der Waals surface area contributed by atoms with E-state index in [0.29, 0.717) is 31.7 Å². The molecule has 40 heavy (non-hydrogen) atoms. The molecular weight excluding hydrogens is 534 g/mol. The van der Waals surface area contributed by atoms with Crippen molar-refractivity contribution < 1.29 is 46.9 Å². The molecule has 5 saturated carbocycles. The van der Waals surface area contributed by atoms with Crippen molar-refractivity contribution in [3.8, 4) is 5.75 Å². The number of carboxylic acid groups (broad SMARTS) is 2. The summed E-state index contributed by atoms with van der Waals surface area (Å²) in [6.45, 7) is 1.01. The fraction of sp³-hybridized carbons (Fsp3) is 0.690. The molecule has 0 spiro atoms. The predicted molar refractivity (Wildman–Crippen MR) is 134 cm³/mol. The van der Waals surface area contributed by atoms with E-state index in [2.05, 4.69) is 0 Å². The van der Waals surface area contributed by atoms with E-state index in [0.717, 1.165) is 42.6 Å². The van der Waals surface area contributed by atoms with E-state index in [-0.39, 0.29) is 16.9 Å². The normalized spacial score (nSPS) is 30.9. The molecule has 0 radical (unpaired) electrons. The van der Waals surface area contributed by atoms with Gasteiger partial charge in [-0.1, -0.05) is 6.42 Å². The first-order valence-electron chi connectivity index (χ1n) is 14.2. The van der Waals surface area contributed by atoms with Crippen LogP contribution in [0.25, 0.3) is 0 Å². The van der Waals surface area contributed by atoms with Gasteiger partial charge in [0.2, 0.25) is 0 Å². The third-order valence-corrected chi connectivity index (χ3v) is 9.62. The van der Waals surface area contributed by atoms with Crippen molar-refractivity contribution >= 4 is 17.8 Å². The Morgan fingerprint density at radius 3 is 2.00 bits per heavy atom. The van der Waals surface area contributed by atoms with Crippen molar-refractivity contribution in [2.24, 2.45) is 23.2 Å². The van der Waals surface area contributed by atoms with Gasteiger partial charge in [-0.2, -0.15) is 13.2 Å². The highest BCUT2D eigenvalue weighted by molar-refractivity contribution is 5.97. The number of alkyl halides is 3. The van der Waals surface area contributed by atoms with Gasteiger partial charge in [0, 0.05) is 18.0 Å². The van der Waals surface area contributed by atoms with Crippen LogP contribution in [0.2, 0.25) is 0 Å². The van der Waals surface area contributed by atoms with Gasteiger partial charge >= 0.3 is 18.1 Å². The topological polar surface area (TPSA) is 104 Å². The number of rotatable bonds is 6. The van der Waals surface area contributed by atoms with Gasteiger partial charge in [-0.3, -0.25) is 4.79 Å². The second-order valence-corrected chi connectivity index (χ2v) is 12.5. The van der Waals surface area contributed by atoms with Gasteiger partial charge in [0.15, 0.2) is 0 Å². The van der Waals surface area contributed by atoms with Crippen LogP contribution in [0.15, 0.2) is 12.1 Å². The van der Waals surface area contributed by atoms with Crippen LogP contribution in [0.1, 0.15) is 92.5 Å². The number of hydrogen-bond donors (Lipinski definition) is 2. The summed E-state index contributed by atoms with van der Waals surface area (Å²) in [5.74, 6) is -1.48. The Hall–Kier alpha value is -2.85. The summed E-state index contributed by atoms with van der Waals surface area (Å²) in [5, 5.41) is 16.6. The molecule has 6 aliphatic rings. The number of aliphatic carboxylic acids is 2. The van der Waals surface area contributed by atoms with Crippen molar-refractivity contribution in [1.29, 1.82) is 0 Å². The molecule has 7 rings (SSSR count). The number of amides is 1. The average molecular weight is 570 g/mol. The molecule has 1 aromatic rings. The molecule has 5 aliphatic carbocycles. The molecule has 6 fully saturated rings. The van der Waals surface area contributed by atoms with E-state index in [1.54, 1.807) is 6.07 Å². The van der Waals surface area contributed by atoms with Gasteiger partial charge in [-0.15, -0.1) is 0 Å².